The second-order valence-electron chi connectivity index (χ2n) is 6.30. The third-order valence-electron chi connectivity index (χ3n) is 4.30. The van der Waals surface area contributed by atoms with E-state index >= 15 is 0 Å². The Morgan fingerprint density at radius 1 is 1.27 bits per heavy atom. The van der Waals surface area contributed by atoms with Gasteiger partial charge in [0, 0.05) is 12.6 Å². The number of hydrogen-bond acceptors (Lipinski definition) is 5. The van der Waals surface area contributed by atoms with E-state index in [1.165, 1.54) is 25.7 Å². The average molecular weight is 369 g/mol. The molecule has 0 amide bonds. The van der Waals surface area contributed by atoms with Crippen LogP contribution in [0.25, 0.3) is 0 Å². The van der Waals surface area contributed by atoms with Gasteiger partial charge in [-0.2, -0.15) is 0 Å². The first-order chi connectivity index (χ1) is 12.4. The quantitative estimate of drug-likeness (QED) is 0.529. The molecule has 0 radical (unpaired) electrons. The highest BCUT2D eigenvalue weighted by Gasteiger charge is 2.28. The lowest BCUT2D eigenvalue weighted by molar-refractivity contribution is -0.385. The van der Waals surface area contributed by atoms with Gasteiger partial charge in [0.25, 0.3) is 5.69 Å². The van der Waals surface area contributed by atoms with Gasteiger partial charge < -0.3 is 14.8 Å². The first-order valence-corrected chi connectivity index (χ1v) is 9.63. The van der Waals surface area contributed by atoms with Crippen LogP contribution >= 0.6 is 0 Å². The summed E-state index contributed by atoms with van der Waals surface area (Å²) < 4.78 is 11.1. The number of methoxy groups -OCH3 is 1. The summed E-state index contributed by atoms with van der Waals surface area (Å²) in [7, 11) is 1.53. The highest BCUT2D eigenvalue weighted by atomic mass is 16.6. The van der Waals surface area contributed by atoms with Crippen LogP contribution in [0, 0.1) is 15.5 Å². The maximum atomic E-state index is 10.9. The summed E-state index contributed by atoms with van der Waals surface area (Å²) >= 11 is 0. The molecule has 1 aromatic rings. The third-order valence-corrected chi connectivity index (χ3v) is 4.30. The SMILES string of the molecule is CC.CC.COc1ccc([N+](=O)[O-])cc1OC(C)CCC1(C)CCNC1. The van der Waals surface area contributed by atoms with Gasteiger partial charge in [-0.25, -0.2) is 0 Å². The Morgan fingerprint density at radius 2 is 1.92 bits per heavy atom. The fourth-order valence-electron chi connectivity index (χ4n) is 2.78. The molecule has 0 saturated carbocycles. The van der Waals surface area contributed by atoms with Crippen LogP contribution < -0.4 is 14.8 Å². The molecule has 2 unspecified atom stereocenters. The lowest BCUT2D eigenvalue weighted by Gasteiger charge is -2.25. The number of non-ortho nitro benzene ring substituents is 1. The average Bonchev–Trinajstić information content (AvgIpc) is 3.10. The van der Waals surface area contributed by atoms with Gasteiger partial charge in [-0.3, -0.25) is 10.1 Å². The van der Waals surface area contributed by atoms with Crippen molar-refractivity contribution in [3.8, 4) is 11.5 Å². The zero-order valence-corrected chi connectivity index (χ0v) is 17.4. The Hall–Kier alpha value is -1.82. The molecule has 0 aliphatic carbocycles. The second kappa shape index (κ2) is 12.5. The largest absolute Gasteiger partial charge is 0.493 e. The van der Waals surface area contributed by atoms with Crippen molar-refractivity contribution in [1.82, 2.24) is 5.32 Å². The molecule has 1 aromatic carbocycles. The van der Waals surface area contributed by atoms with Crippen LogP contribution in [0.15, 0.2) is 18.2 Å². The maximum Gasteiger partial charge on any atom is 0.273 e. The Bertz CT molecular complexity index is 529. The van der Waals surface area contributed by atoms with E-state index < -0.39 is 4.92 Å². The minimum Gasteiger partial charge on any atom is -0.493 e. The fourth-order valence-corrected chi connectivity index (χ4v) is 2.78. The van der Waals surface area contributed by atoms with Gasteiger partial charge in [-0.15, -0.1) is 0 Å². The van der Waals surface area contributed by atoms with Crippen molar-refractivity contribution in [3.05, 3.63) is 28.3 Å². The van der Waals surface area contributed by atoms with Gasteiger partial charge in [0.05, 0.1) is 24.2 Å². The molecule has 1 heterocycles. The van der Waals surface area contributed by atoms with Crippen molar-refractivity contribution in [3.63, 3.8) is 0 Å². The Balaban J connectivity index is 0.00000146. The molecule has 2 rings (SSSR count). The standard InChI is InChI=1S/C16H24N2O4.2C2H6/c1-12(6-7-16(2)8-9-17-11-16)22-15-10-13(18(19)20)4-5-14(15)21-3;2*1-2/h4-5,10,12,17H,6-9,11H2,1-3H3;2*1-2H3. The number of ether oxygens (including phenoxy) is 2. The smallest absolute Gasteiger partial charge is 0.273 e. The molecular weight excluding hydrogens is 332 g/mol. The summed E-state index contributed by atoms with van der Waals surface area (Å²) in [6.07, 6.45) is 3.13. The summed E-state index contributed by atoms with van der Waals surface area (Å²) in [4.78, 5) is 10.5. The molecular formula is C20H36N2O4. The summed E-state index contributed by atoms with van der Waals surface area (Å²) in [5, 5.41) is 14.3. The van der Waals surface area contributed by atoms with Crippen LogP contribution in [0.5, 0.6) is 11.5 Å². The topological polar surface area (TPSA) is 73.6 Å². The van der Waals surface area contributed by atoms with Gasteiger partial charge in [-0.05, 0) is 44.2 Å². The predicted molar refractivity (Wildman–Crippen MR) is 107 cm³/mol. The summed E-state index contributed by atoms with van der Waals surface area (Å²) in [5.74, 6) is 0.949. The third kappa shape index (κ3) is 7.60. The van der Waals surface area contributed by atoms with E-state index in [9.17, 15) is 10.1 Å². The van der Waals surface area contributed by atoms with Crippen molar-refractivity contribution in [1.29, 1.82) is 0 Å². The molecule has 0 aromatic heterocycles. The molecule has 6 nitrogen and oxygen atoms in total. The van der Waals surface area contributed by atoms with Crippen molar-refractivity contribution < 1.29 is 14.4 Å². The monoisotopic (exact) mass is 368 g/mol. The van der Waals surface area contributed by atoms with Crippen molar-refractivity contribution >= 4 is 5.69 Å². The van der Waals surface area contributed by atoms with E-state index in [1.54, 1.807) is 6.07 Å². The first-order valence-electron chi connectivity index (χ1n) is 9.63. The number of benzene rings is 1. The number of nitrogens with zero attached hydrogens (tertiary/aromatic N) is 1. The number of nitrogens with one attached hydrogen (secondary N) is 1. The summed E-state index contributed by atoms with van der Waals surface area (Å²) in [5.41, 5.74) is 0.333. The Labute approximate surface area is 158 Å². The molecule has 1 fully saturated rings. The van der Waals surface area contributed by atoms with Gasteiger partial charge in [0.2, 0.25) is 0 Å². The maximum absolute atomic E-state index is 10.9. The predicted octanol–water partition coefficient (Wildman–Crippen LogP) is 5.20. The Morgan fingerprint density at radius 3 is 2.42 bits per heavy atom. The molecule has 150 valence electrons. The van der Waals surface area contributed by atoms with E-state index in [4.69, 9.17) is 9.47 Å². The fraction of sp³-hybridized carbons (Fsp3) is 0.700. The molecule has 1 N–H and O–H groups in total. The minimum atomic E-state index is -0.428. The van der Waals surface area contributed by atoms with E-state index in [1.807, 2.05) is 34.6 Å². The zero-order valence-electron chi connectivity index (χ0n) is 17.4. The minimum absolute atomic E-state index is 0.00922. The van der Waals surface area contributed by atoms with Crippen molar-refractivity contribution in [2.24, 2.45) is 5.41 Å². The number of nitro groups is 1. The van der Waals surface area contributed by atoms with E-state index in [0.717, 1.165) is 25.9 Å². The molecule has 0 spiro atoms. The van der Waals surface area contributed by atoms with Crippen molar-refractivity contribution in [2.45, 2.75) is 66.9 Å². The van der Waals surface area contributed by atoms with Crippen LogP contribution in [0.3, 0.4) is 0 Å². The zero-order chi connectivity index (χ0) is 20.2. The molecule has 6 heteroatoms. The van der Waals surface area contributed by atoms with Gasteiger partial charge >= 0.3 is 0 Å². The first kappa shape index (κ1) is 24.2. The highest BCUT2D eigenvalue weighted by Crippen LogP contribution is 2.34. The molecule has 1 saturated heterocycles. The summed E-state index contributed by atoms with van der Waals surface area (Å²) in [6.45, 7) is 14.4. The van der Waals surface area contributed by atoms with Gasteiger partial charge in [0.15, 0.2) is 11.5 Å². The van der Waals surface area contributed by atoms with Crippen LogP contribution in [-0.2, 0) is 0 Å². The lowest BCUT2D eigenvalue weighted by Crippen LogP contribution is -2.23. The van der Waals surface area contributed by atoms with E-state index in [-0.39, 0.29) is 11.8 Å². The second-order valence-corrected chi connectivity index (χ2v) is 6.30. The van der Waals surface area contributed by atoms with Crippen LogP contribution in [0.4, 0.5) is 5.69 Å². The van der Waals surface area contributed by atoms with Crippen LogP contribution in [0.1, 0.15) is 60.8 Å². The molecule has 26 heavy (non-hydrogen) atoms. The van der Waals surface area contributed by atoms with E-state index in [2.05, 4.69) is 12.2 Å². The number of nitro benzene ring substituents is 1. The normalized spacial score (nSPS) is 19.3. The molecule has 1 aliphatic rings. The van der Waals surface area contributed by atoms with Gasteiger partial charge in [0.1, 0.15) is 0 Å². The van der Waals surface area contributed by atoms with Crippen molar-refractivity contribution in [2.75, 3.05) is 20.2 Å². The van der Waals surface area contributed by atoms with Crippen LogP contribution in [-0.4, -0.2) is 31.2 Å². The lowest BCUT2D eigenvalue weighted by atomic mass is 9.84. The molecule has 0 bridgehead atoms. The van der Waals surface area contributed by atoms with Crippen LogP contribution in [0.2, 0.25) is 0 Å². The molecule has 2 atom stereocenters. The highest BCUT2D eigenvalue weighted by molar-refractivity contribution is 5.48. The number of hydrogen-bond donors (Lipinski definition) is 1. The van der Waals surface area contributed by atoms with Gasteiger partial charge in [-0.1, -0.05) is 34.6 Å². The number of rotatable bonds is 7. The molecule has 1 aliphatic heterocycles. The summed E-state index contributed by atoms with van der Waals surface area (Å²) in [6, 6.07) is 4.41. The van der Waals surface area contributed by atoms with E-state index in [0.29, 0.717) is 16.9 Å². The Kier molecular flexibility index (Phi) is 11.6.